The maximum atomic E-state index is 12.7. The van der Waals surface area contributed by atoms with E-state index in [2.05, 4.69) is 0 Å². The van der Waals surface area contributed by atoms with Crippen LogP contribution in [0.4, 0.5) is 8.78 Å². The van der Waals surface area contributed by atoms with Crippen LogP contribution in [0, 0.1) is 11.6 Å². The minimum absolute atomic E-state index is 0.286. The maximum Gasteiger partial charge on any atom is 0.159 e. The SMILES string of the molecule is C[C@@H](N)[C@@H](O)c1ccc(F)c(F)c1. The van der Waals surface area contributed by atoms with E-state index in [1.165, 1.54) is 6.07 Å². The summed E-state index contributed by atoms with van der Waals surface area (Å²) in [6, 6.07) is 2.72. The lowest BCUT2D eigenvalue weighted by Gasteiger charge is -2.14. The van der Waals surface area contributed by atoms with Crippen LogP contribution in [-0.4, -0.2) is 11.1 Å². The van der Waals surface area contributed by atoms with Gasteiger partial charge in [-0.05, 0) is 24.6 Å². The standard InChI is InChI=1S/C9H11F2NO/c1-5(12)9(13)6-2-3-7(10)8(11)4-6/h2-5,9,13H,12H2,1H3/t5-,9-/m1/s1. The average molecular weight is 187 g/mol. The Morgan fingerprint density at radius 2 is 1.92 bits per heavy atom. The average Bonchev–Trinajstić information content (AvgIpc) is 2.08. The molecule has 1 aromatic rings. The molecule has 72 valence electrons. The summed E-state index contributed by atoms with van der Waals surface area (Å²) in [6.45, 7) is 1.59. The molecule has 3 N–H and O–H groups in total. The highest BCUT2D eigenvalue weighted by Crippen LogP contribution is 2.17. The normalized spacial score (nSPS) is 15.5. The molecule has 0 amide bonds. The number of hydrogen-bond acceptors (Lipinski definition) is 2. The van der Waals surface area contributed by atoms with Crippen molar-refractivity contribution in [1.29, 1.82) is 0 Å². The molecule has 0 saturated carbocycles. The highest BCUT2D eigenvalue weighted by atomic mass is 19.2. The number of nitrogens with two attached hydrogens (primary N) is 1. The van der Waals surface area contributed by atoms with Crippen LogP contribution in [0.15, 0.2) is 18.2 Å². The Bertz CT molecular complexity index is 302. The van der Waals surface area contributed by atoms with E-state index in [-0.39, 0.29) is 5.56 Å². The molecule has 4 heteroatoms. The minimum Gasteiger partial charge on any atom is -0.387 e. The van der Waals surface area contributed by atoms with Crippen LogP contribution in [0.25, 0.3) is 0 Å². The Labute approximate surface area is 75.0 Å². The largest absolute Gasteiger partial charge is 0.387 e. The number of benzene rings is 1. The minimum atomic E-state index is -0.975. The van der Waals surface area contributed by atoms with Gasteiger partial charge in [0.1, 0.15) is 0 Å². The Morgan fingerprint density at radius 3 is 2.38 bits per heavy atom. The van der Waals surface area contributed by atoms with Crippen molar-refractivity contribution in [3.05, 3.63) is 35.4 Å². The number of aliphatic hydroxyl groups is 1. The topological polar surface area (TPSA) is 46.2 Å². The van der Waals surface area contributed by atoms with Crippen molar-refractivity contribution in [2.24, 2.45) is 5.73 Å². The van der Waals surface area contributed by atoms with Gasteiger partial charge in [0.05, 0.1) is 6.10 Å². The molecule has 0 aliphatic heterocycles. The molecule has 1 rings (SSSR count). The Balaban J connectivity index is 2.97. The van der Waals surface area contributed by atoms with Gasteiger partial charge in [-0.3, -0.25) is 0 Å². The second kappa shape index (κ2) is 3.81. The first kappa shape index (κ1) is 10.1. The fourth-order valence-corrected chi connectivity index (χ4v) is 1.000. The molecule has 0 spiro atoms. The molecule has 0 saturated heterocycles. The molecular weight excluding hydrogens is 176 g/mol. The van der Waals surface area contributed by atoms with E-state index in [0.29, 0.717) is 0 Å². The number of aliphatic hydroxyl groups excluding tert-OH is 1. The van der Waals surface area contributed by atoms with Crippen molar-refractivity contribution in [2.75, 3.05) is 0 Å². The lowest BCUT2D eigenvalue weighted by Crippen LogP contribution is -2.24. The lowest BCUT2D eigenvalue weighted by atomic mass is 10.0. The van der Waals surface area contributed by atoms with Crippen LogP contribution in [-0.2, 0) is 0 Å². The first-order chi connectivity index (χ1) is 6.02. The van der Waals surface area contributed by atoms with Gasteiger partial charge in [0, 0.05) is 6.04 Å². The Hall–Kier alpha value is -1.00. The van der Waals surface area contributed by atoms with E-state index >= 15 is 0 Å². The van der Waals surface area contributed by atoms with Crippen molar-refractivity contribution < 1.29 is 13.9 Å². The van der Waals surface area contributed by atoms with E-state index in [9.17, 15) is 13.9 Å². The summed E-state index contributed by atoms with van der Waals surface area (Å²) >= 11 is 0. The monoisotopic (exact) mass is 187 g/mol. The zero-order valence-corrected chi connectivity index (χ0v) is 7.17. The summed E-state index contributed by atoms with van der Waals surface area (Å²) in [5, 5.41) is 9.40. The number of halogens is 2. The third-order valence-electron chi connectivity index (χ3n) is 1.78. The highest BCUT2D eigenvalue weighted by Gasteiger charge is 2.14. The van der Waals surface area contributed by atoms with Gasteiger partial charge in [-0.2, -0.15) is 0 Å². The summed E-state index contributed by atoms with van der Waals surface area (Å²) in [7, 11) is 0. The van der Waals surface area contributed by atoms with E-state index in [1.54, 1.807) is 6.92 Å². The molecule has 0 fully saturated rings. The maximum absolute atomic E-state index is 12.7. The van der Waals surface area contributed by atoms with Crippen LogP contribution in [0.1, 0.15) is 18.6 Å². The Morgan fingerprint density at radius 1 is 1.31 bits per heavy atom. The first-order valence-corrected chi connectivity index (χ1v) is 3.91. The van der Waals surface area contributed by atoms with E-state index in [4.69, 9.17) is 5.73 Å². The molecule has 2 atom stereocenters. The van der Waals surface area contributed by atoms with Crippen LogP contribution < -0.4 is 5.73 Å². The molecule has 2 nitrogen and oxygen atoms in total. The Kier molecular flexibility index (Phi) is 2.95. The van der Waals surface area contributed by atoms with Gasteiger partial charge in [-0.25, -0.2) is 8.78 Å². The van der Waals surface area contributed by atoms with Gasteiger partial charge in [0.25, 0.3) is 0 Å². The van der Waals surface area contributed by atoms with E-state index in [0.717, 1.165) is 12.1 Å². The molecule has 0 aromatic heterocycles. The van der Waals surface area contributed by atoms with Gasteiger partial charge in [-0.15, -0.1) is 0 Å². The predicted octanol–water partition coefficient (Wildman–Crippen LogP) is 1.35. The van der Waals surface area contributed by atoms with Gasteiger partial charge >= 0.3 is 0 Å². The second-order valence-electron chi connectivity index (χ2n) is 2.98. The number of hydrogen-bond donors (Lipinski definition) is 2. The molecule has 1 aromatic carbocycles. The molecule has 0 aliphatic rings. The quantitative estimate of drug-likeness (QED) is 0.734. The predicted molar refractivity (Wildman–Crippen MR) is 45.0 cm³/mol. The van der Waals surface area contributed by atoms with Crippen molar-refractivity contribution >= 4 is 0 Å². The third-order valence-corrected chi connectivity index (χ3v) is 1.78. The van der Waals surface area contributed by atoms with Crippen LogP contribution in [0.2, 0.25) is 0 Å². The summed E-state index contributed by atoms with van der Waals surface area (Å²) in [6.07, 6.45) is -0.963. The molecular formula is C9H11F2NO. The molecule has 0 radical (unpaired) electrons. The molecule has 0 bridgehead atoms. The van der Waals surface area contributed by atoms with Crippen LogP contribution in [0.3, 0.4) is 0 Å². The zero-order chi connectivity index (χ0) is 10.0. The van der Waals surface area contributed by atoms with Gasteiger partial charge < -0.3 is 10.8 Å². The van der Waals surface area contributed by atoms with Crippen molar-refractivity contribution in [1.82, 2.24) is 0 Å². The van der Waals surface area contributed by atoms with Crippen LogP contribution in [0.5, 0.6) is 0 Å². The summed E-state index contributed by atoms with van der Waals surface area (Å²) in [5.74, 6) is -1.90. The van der Waals surface area contributed by atoms with Crippen molar-refractivity contribution in [3.63, 3.8) is 0 Å². The molecule has 13 heavy (non-hydrogen) atoms. The number of rotatable bonds is 2. The summed E-state index contributed by atoms with van der Waals surface area (Å²) in [4.78, 5) is 0. The van der Waals surface area contributed by atoms with Gasteiger partial charge in [-0.1, -0.05) is 6.07 Å². The van der Waals surface area contributed by atoms with E-state index in [1.807, 2.05) is 0 Å². The fraction of sp³-hybridized carbons (Fsp3) is 0.333. The van der Waals surface area contributed by atoms with Gasteiger partial charge in [0.15, 0.2) is 11.6 Å². The van der Waals surface area contributed by atoms with Gasteiger partial charge in [0.2, 0.25) is 0 Å². The molecule has 0 aliphatic carbocycles. The summed E-state index contributed by atoms with van der Waals surface area (Å²) < 4.78 is 25.2. The van der Waals surface area contributed by atoms with E-state index < -0.39 is 23.8 Å². The summed E-state index contributed by atoms with van der Waals surface area (Å²) in [5.41, 5.74) is 5.68. The van der Waals surface area contributed by atoms with Crippen molar-refractivity contribution in [3.8, 4) is 0 Å². The fourth-order valence-electron chi connectivity index (χ4n) is 1.000. The smallest absolute Gasteiger partial charge is 0.159 e. The second-order valence-corrected chi connectivity index (χ2v) is 2.98. The zero-order valence-electron chi connectivity index (χ0n) is 7.17. The molecule has 0 unspecified atom stereocenters. The highest BCUT2D eigenvalue weighted by molar-refractivity contribution is 5.20. The van der Waals surface area contributed by atoms with Crippen LogP contribution >= 0.6 is 0 Å². The lowest BCUT2D eigenvalue weighted by molar-refractivity contribution is 0.153. The molecule has 0 heterocycles. The first-order valence-electron chi connectivity index (χ1n) is 3.91. The third kappa shape index (κ3) is 2.23. The van der Waals surface area contributed by atoms with Crippen molar-refractivity contribution in [2.45, 2.75) is 19.1 Å².